The van der Waals surface area contributed by atoms with Crippen LogP contribution in [0.4, 0.5) is 0 Å². The van der Waals surface area contributed by atoms with Gasteiger partial charge in [-0.25, -0.2) is 0 Å². The van der Waals surface area contributed by atoms with E-state index in [9.17, 15) is 4.79 Å². The van der Waals surface area contributed by atoms with Gasteiger partial charge in [0.15, 0.2) is 0 Å². The number of carbonyl (C=O) groups is 1. The molecule has 0 saturated carbocycles. The number of carbonyl (C=O) groups excluding carboxylic acids is 1. The molecule has 0 aromatic carbocycles. The Bertz CT molecular complexity index is 382. The zero-order chi connectivity index (χ0) is 12.8. The van der Waals surface area contributed by atoms with Crippen molar-refractivity contribution >= 4 is 17.5 Å². The van der Waals surface area contributed by atoms with E-state index in [1.165, 1.54) is 6.20 Å². The van der Waals surface area contributed by atoms with Gasteiger partial charge in [-0.15, -0.1) is 0 Å². The van der Waals surface area contributed by atoms with Crippen LogP contribution in [0.5, 0.6) is 0 Å². The highest BCUT2D eigenvalue weighted by molar-refractivity contribution is 6.33. The van der Waals surface area contributed by atoms with Crippen molar-refractivity contribution in [3.05, 3.63) is 29.0 Å². The van der Waals surface area contributed by atoms with Crippen LogP contribution in [0.15, 0.2) is 18.5 Å². The van der Waals surface area contributed by atoms with Gasteiger partial charge in [-0.05, 0) is 27.0 Å². The van der Waals surface area contributed by atoms with E-state index in [0.717, 1.165) is 6.54 Å². The molecule has 1 rings (SSSR count). The van der Waals surface area contributed by atoms with Crippen LogP contribution >= 0.6 is 11.6 Å². The summed E-state index contributed by atoms with van der Waals surface area (Å²) in [4.78, 5) is 17.8. The molecule has 0 fully saturated rings. The number of hydrogen-bond acceptors (Lipinski definition) is 3. The summed E-state index contributed by atoms with van der Waals surface area (Å²) in [7, 11) is 2.02. The number of hydrogen-bond donors (Lipinski definition) is 1. The molecule has 1 aromatic rings. The Hall–Kier alpha value is -1.13. The first-order valence-electron chi connectivity index (χ1n) is 5.60. The Kier molecular flexibility index (Phi) is 5.38. The van der Waals surface area contributed by atoms with Crippen molar-refractivity contribution in [2.75, 3.05) is 20.1 Å². The molecule has 0 aliphatic carbocycles. The molecule has 0 aliphatic rings. The summed E-state index contributed by atoms with van der Waals surface area (Å²) >= 11 is 5.90. The molecule has 1 amide bonds. The fraction of sp³-hybridized carbons (Fsp3) is 0.500. The van der Waals surface area contributed by atoms with E-state index in [4.69, 9.17) is 11.6 Å². The molecule has 0 spiro atoms. The van der Waals surface area contributed by atoms with Gasteiger partial charge in [0.2, 0.25) is 0 Å². The monoisotopic (exact) mass is 255 g/mol. The van der Waals surface area contributed by atoms with Crippen LogP contribution in [-0.4, -0.2) is 42.0 Å². The average Bonchev–Trinajstić information content (AvgIpc) is 2.29. The minimum absolute atomic E-state index is 0.180. The molecule has 0 saturated heterocycles. The molecule has 1 heterocycles. The highest BCUT2D eigenvalue weighted by Crippen LogP contribution is 2.12. The highest BCUT2D eigenvalue weighted by atomic mass is 35.5. The fourth-order valence-electron chi connectivity index (χ4n) is 1.24. The minimum Gasteiger partial charge on any atom is -0.351 e. The van der Waals surface area contributed by atoms with Crippen LogP contribution in [0.25, 0.3) is 0 Å². The zero-order valence-electron chi connectivity index (χ0n) is 10.4. The summed E-state index contributed by atoms with van der Waals surface area (Å²) in [6.07, 6.45) is 3.04. The van der Waals surface area contributed by atoms with Gasteiger partial charge in [0.25, 0.3) is 5.91 Å². The molecule has 5 heteroatoms. The quantitative estimate of drug-likeness (QED) is 0.873. The molecular formula is C12H18ClN3O. The molecule has 1 aromatic heterocycles. The summed E-state index contributed by atoms with van der Waals surface area (Å²) in [6.45, 7) is 5.62. The number of rotatable bonds is 5. The standard InChI is InChI=1S/C12H18ClN3O/c1-9(2)16(3)7-6-15-12(17)10-8-14-5-4-11(10)13/h4-5,8-9H,6-7H2,1-3H3,(H,15,17). The predicted molar refractivity (Wildman–Crippen MR) is 69.3 cm³/mol. The van der Waals surface area contributed by atoms with E-state index < -0.39 is 0 Å². The first-order valence-corrected chi connectivity index (χ1v) is 5.98. The average molecular weight is 256 g/mol. The molecule has 0 unspecified atom stereocenters. The molecular weight excluding hydrogens is 238 g/mol. The van der Waals surface area contributed by atoms with E-state index in [0.29, 0.717) is 23.2 Å². The van der Waals surface area contributed by atoms with Crippen molar-refractivity contribution in [2.24, 2.45) is 0 Å². The Labute approximate surface area is 107 Å². The maximum Gasteiger partial charge on any atom is 0.254 e. The van der Waals surface area contributed by atoms with Crippen LogP contribution in [-0.2, 0) is 0 Å². The number of nitrogens with one attached hydrogen (secondary N) is 1. The normalized spacial score (nSPS) is 10.9. The molecule has 0 aliphatic heterocycles. The Balaban J connectivity index is 2.43. The van der Waals surface area contributed by atoms with Gasteiger partial charge in [-0.1, -0.05) is 11.6 Å². The number of pyridine rings is 1. The van der Waals surface area contributed by atoms with Crippen LogP contribution < -0.4 is 5.32 Å². The molecule has 94 valence electrons. The molecule has 17 heavy (non-hydrogen) atoms. The third-order valence-corrected chi connectivity index (χ3v) is 2.97. The topological polar surface area (TPSA) is 45.2 Å². The number of amides is 1. The van der Waals surface area contributed by atoms with Gasteiger partial charge in [0, 0.05) is 31.5 Å². The van der Waals surface area contributed by atoms with E-state index in [1.54, 1.807) is 12.3 Å². The van der Waals surface area contributed by atoms with Gasteiger partial charge in [0.1, 0.15) is 0 Å². The maximum atomic E-state index is 11.8. The highest BCUT2D eigenvalue weighted by Gasteiger charge is 2.10. The number of likely N-dealkylation sites (N-methyl/N-ethyl adjacent to an activating group) is 1. The molecule has 0 bridgehead atoms. The van der Waals surface area contributed by atoms with E-state index in [2.05, 4.69) is 29.0 Å². The van der Waals surface area contributed by atoms with Crippen molar-refractivity contribution in [1.29, 1.82) is 0 Å². The van der Waals surface area contributed by atoms with Crippen LogP contribution in [0.1, 0.15) is 24.2 Å². The zero-order valence-corrected chi connectivity index (χ0v) is 11.2. The fourth-order valence-corrected chi connectivity index (χ4v) is 1.43. The molecule has 4 nitrogen and oxygen atoms in total. The number of nitrogens with zero attached hydrogens (tertiary/aromatic N) is 2. The number of aromatic nitrogens is 1. The van der Waals surface area contributed by atoms with Gasteiger partial charge in [-0.2, -0.15) is 0 Å². The minimum atomic E-state index is -0.180. The second kappa shape index (κ2) is 6.57. The summed E-state index contributed by atoms with van der Waals surface area (Å²) in [5.41, 5.74) is 0.418. The van der Waals surface area contributed by atoms with Crippen LogP contribution in [0.3, 0.4) is 0 Å². The van der Waals surface area contributed by atoms with E-state index in [-0.39, 0.29) is 5.91 Å². The molecule has 1 N–H and O–H groups in total. The van der Waals surface area contributed by atoms with E-state index >= 15 is 0 Å². The lowest BCUT2D eigenvalue weighted by molar-refractivity contribution is 0.0948. The van der Waals surface area contributed by atoms with Gasteiger partial charge >= 0.3 is 0 Å². The van der Waals surface area contributed by atoms with Crippen molar-refractivity contribution in [3.8, 4) is 0 Å². The van der Waals surface area contributed by atoms with Crippen molar-refractivity contribution in [3.63, 3.8) is 0 Å². The van der Waals surface area contributed by atoms with Crippen molar-refractivity contribution < 1.29 is 4.79 Å². The molecule has 0 radical (unpaired) electrons. The Morgan fingerprint density at radius 3 is 2.88 bits per heavy atom. The SMILES string of the molecule is CC(C)N(C)CCNC(=O)c1cnccc1Cl. The molecule has 0 atom stereocenters. The van der Waals surface area contributed by atoms with Crippen LogP contribution in [0, 0.1) is 0 Å². The van der Waals surface area contributed by atoms with E-state index in [1.807, 2.05) is 7.05 Å². The summed E-state index contributed by atoms with van der Waals surface area (Å²) < 4.78 is 0. The smallest absolute Gasteiger partial charge is 0.254 e. The summed E-state index contributed by atoms with van der Waals surface area (Å²) in [6, 6.07) is 2.07. The lowest BCUT2D eigenvalue weighted by Crippen LogP contribution is -2.36. The second-order valence-corrected chi connectivity index (χ2v) is 4.59. The predicted octanol–water partition coefficient (Wildman–Crippen LogP) is 1.80. The van der Waals surface area contributed by atoms with Crippen LogP contribution in [0.2, 0.25) is 5.02 Å². The summed E-state index contributed by atoms with van der Waals surface area (Å²) in [5.74, 6) is -0.180. The lowest BCUT2D eigenvalue weighted by Gasteiger charge is -2.20. The first-order chi connectivity index (χ1) is 8.02. The third-order valence-electron chi connectivity index (χ3n) is 2.64. The van der Waals surface area contributed by atoms with Gasteiger partial charge in [-0.3, -0.25) is 9.78 Å². The van der Waals surface area contributed by atoms with Gasteiger partial charge in [0.05, 0.1) is 10.6 Å². The second-order valence-electron chi connectivity index (χ2n) is 4.19. The lowest BCUT2D eigenvalue weighted by atomic mass is 10.2. The Morgan fingerprint density at radius 2 is 2.29 bits per heavy atom. The van der Waals surface area contributed by atoms with Crippen molar-refractivity contribution in [1.82, 2.24) is 15.2 Å². The van der Waals surface area contributed by atoms with Gasteiger partial charge < -0.3 is 10.2 Å². The first kappa shape index (κ1) is 13.9. The van der Waals surface area contributed by atoms with Crippen molar-refractivity contribution in [2.45, 2.75) is 19.9 Å². The number of halogens is 1. The summed E-state index contributed by atoms with van der Waals surface area (Å²) in [5, 5.41) is 3.25. The Morgan fingerprint density at radius 1 is 1.59 bits per heavy atom. The largest absolute Gasteiger partial charge is 0.351 e. The third kappa shape index (κ3) is 4.32. The maximum absolute atomic E-state index is 11.8.